The second kappa shape index (κ2) is 7.36. The molecule has 1 unspecified atom stereocenters. The smallest absolute Gasteiger partial charge is 0.163 e. The summed E-state index contributed by atoms with van der Waals surface area (Å²) in [6, 6.07) is 10.1. The van der Waals surface area contributed by atoms with Crippen molar-refractivity contribution >= 4 is 0 Å². The fourth-order valence-electron chi connectivity index (χ4n) is 2.57. The van der Waals surface area contributed by atoms with Gasteiger partial charge in [0.2, 0.25) is 0 Å². The summed E-state index contributed by atoms with van der Waals surface area (Å²) in [7, 11) is 0. The van der Waals surface area contributed by atoms with Crippen molar-refractivity contribution in [2.45, 2.75) is 64.3 Å². The predicted octanol–water partition coefficient (Wildman–Crippen LogP) is 2.88. The third kappa shape index (κ3) is 5.75. The van der Waals surface area contributed by atoms with Gasteiger partial charge in [0.25, 0.3) is 0 Å². The Morgan fingerprint density at radius 1 is 1.33 bits per heavy atom. The number of hydrogen-bond donors (Lipinski definition) is 1. The van der Waals surface area contributed by atoms with Gasteiger partial charge >= 0.3 is 0 Å². The normalized spacial score (nSPS) is 23.9. The zero-order valence-corrected chi connectivity index (χ0v) is 13.1. The second-order valence-electron chi connectivity index (χ2n) is 6.19. The van der Waals surface area contributed by atoms with E-state index < -0.39 is 5.79 Å². The molecule has 4 heteroatoms. The maximum Gasteiger partial charge on any atom is 0.163 e. The summed E-state index contributed by atoms with van der Waals surface area (Å²) in [5, 5.41) is 9.64. The lowest BCUT2D eigenvalue weighted by Gasteiger charge is -2.23. The molecule has 1 fully saturated rings. The van der Waals surface area contributed by atoms with Crippen LogP contribution in [0.2, 0.25) is 0 Å². The summed E-state index contributed by atoms with van der Waals surface area (Å²) in [6.07, 6.45) is 0.946. The number of rotatable bonds is 7. The van der Waals surface area contributed by atoms with Crippen LogP contribution in [0.25, 0.3) is 0 Å². The molecule has 2 rings (SSSR count). The van der Waals surface area contributed by atoms with Gasteiger partial charge in [-0.1, -0.05) is 30.3 Å². The maximum absolute atomic E-state index is 9.64. The Balaban J connectivity index is 1.86. The lowest BCUT2D eigenvalue weighted by atomic mass is 10.1. The minimum absolute atomic E-state index is 0.0273. The van der Waals surface area contributed by atoms with E-state index in [4.69, 9.17) is 14.2 Å². The summed E-state index contributed by atoms with van der Waals surface area (Å²) in [5.74, 6) is -0.514. The second-order valence-corrected chi connectivity index (χ2v) is 6.19. The monoisotopic (exact) mass is 294 g/mol. The van der Waals surface area contributed by atoms with Crippen LogP contribution in [0.5, 0.6) is 0 Å². The van der Waals surface area contributed by atoms with Gasteiger partial charge in [0, 0.05) is 6.42 Å². The van der Waals surface area contributed by atoms with E-state index in [0.29, 0.717) is 19.6 Å². The van der Waals surface area contributed by atoms with Gasteiger partial charge in [-0.2, -0.15) is 0 Å². The molecule has 1 aliphatic rings. The summed E-state index contributed by atoms with van der Waals surface area (Å²) in [6.45, 7) is 6.75. The number of hydrogen-bond acceptors (Lipinski definition) is 4. The zero-order chi connectivity index (χ0) is 15.3. The molecule has 118 valence electrons. The standard InChI is InChI=1S/C17H26O4/c1-13(18)9-15(10-16-12-20-17(2,3)21-16)19-11-14-7-5-4-6-8-14/h4-8,13,15-16,18H,9-12H2,1-3H3/t13?,15-,16-/m0/s1. The molecule has 0 aliphatic carbocycles. The molecule has 0 radical (unpaired) electrons. The Morgan fingerprint density at radius 2 is 2.05 bits per heavy atom. The molecule has 1 heterocycles. The highest BCUT2D eigenvalue weighted by atomic mass is 16.7. The molecule has 4 nitrogen and oxygen atoms in total. The highest BCUT2D eigenvalue weighted by Crippen LogP contribution is 2.26. The first kappa shape index (κ1) is 16.4. The number of aliphatic hydroxyl groups is 1. The molecular weight excluding hydrogens is 268 g/mol. The van der Waals surface area contributed by atoms with E-state index in [0.717, 1.165) is 12.0 Å². The molecule has 1 aromatic carbocycles. The van der Waals surface area contributed by atoms with Crippen LogP contribution in [0.3, 0.4) is 0 Å². The third-order valence-corrected chi connectivity index (χ3v) is 3.53. The molecule has 0 bridgehead atoms. The van der Waals surface area contributed by atoms with Crippen molar-refractivity contribution in [2.24, 2.45) is 0 Å². The van der Waals surface area contributed by atoms with Crippen LogP contribution in [-0.4, -0.2) is 35.8 Å². The summed E-state index contributed by atoms with van der Waals surface area (Å²) < 4.78 is 17.4. The Morgan fingerprint density at radius 3 is 2.62 bits per heavy atom. The molecule has 0 aromatic heterocycles. The van der Waals surface area contributed by atoms with Crippen LogP contribution in [0.4, 0.5) is 0 Å². The SMILES string of the molecule is CC(O)C[C@@H](C[C@H]1COC(C)(C)O1)OCc1ccccc1. The van der Waals surface area contributed by atoms with E-state index in [1.807, 2.05) is 44.2 Å². The fourth-order valence-corrected chi connectivity index (χ4v) is 2.57. The van der Waals surface area contributed by atoms with Crippen molar-refractivity contribution in [3.05, 3.63) is 35.9 Å². The van der Waals surface area contributed by atoms with Crippen LogP contribution >= 0.6 is 0 Å². The minimum atomic E-state index is -0.514. The topological polar surface area (TPSA) is 47.9 Å². The van der Waals surface area contributed by atoms with Crippen LogP contribution in [0.15, 0.2) is 30.3 Å². The van der Waals surface area contributed by atoms with Crippen molar-refractivity contribution in [3.63, 3.8) is 0 Å². The maximum atomic E-state index is 9.64. The number of benzene rings is 1. The van der Waals surface area contributed by atoms with Crippen molar-refractivity contribution < 1.29 is 19.3 Å². The van der Waals surface area contributed by atoms with Gasteiger partial charge in [0.15, 0.2) is 5.79 Å². The molecule has 1 aromatic rings. The van der Waals surface area contributed by atoms with Crippen LogP contribution in [-0.2, 0) is 20.8 Å². The summed E-state index contributed by atoms with van der Waals surface area (Å²) >= 11 is 0. The largest absolute Gasteiger partial charge is 0.393 e. The van der Waals surface area contributed by atoms with E-state index in [9.17, 15) is 5.11 Å². The minimum Gasteiger partial charge on any atom is -0.393 e. The average Bonchev–Trinajstić information content (AvgIpc) is 2.76. The molecule has 1 saturated heterocycles. The van der Waals surface area contributed by atoms with E-state index in [1.54, 1.807) is 6.92 Å². The lowest BCUT2D eigenvalue weighted by Crippen LogP contribution is -2.27. The predicted molar refractivity (Wildman–Crippen MR) is 80.8 cm³/mol. The molecule has 0 saturated carbocycles. The van der Waals surface area contributed by atoms with E-state index in [-0.39, 0.29) is 18.3 Å². The van der Waals surface area contributed by atoms with Crippen LogP contribution in [0.1, 0.15) is 39.2 Å². The van der Waals surface area contributed by atoms with E-state index in [1.165, 1.54) is 0 Å². The highest BCUT2D eigenvalue weighted by Gasteiger charge is 2.34. The Hall–Kier alpha value is -0.940. The zero-order valence-electron chi connectivity index (χ0n) is 13.1. The summed E-state index contributed by atoms with van der Waals surface area (Å²) in [5.41, 5.74) is 1.14. The van der Waals surface area contributed by atoms with Gasteiger partial charge in [0.1, 0.15) is 0 Å². The molecular formula is C17H26O4. The van der Waals surface area contributed by atoms with Gasteiger partial charge < -0.3 is 19.3 Å². The van der Waals surface area contributed by atoms with Crippen molar-refractivity contribution in [1.29, 1.82) is 0 Å². The quantitative estimate of drug-likeness (QED) is 0.840. The Kier molecular flexibility index (Phi) is 5.76. The lowest BCUT2D eigenvalue weighted by molar-refractivity contribution is -0.143. The average molecular weight is 294 g/mol. The van der Waals surface area contributed by atoms with Crippen LogP contribution < -0.4 is 0 Å². The Labute approximate surface area is 127 Å². The first-order valence-corrected chi connectivity index (χ1v) is 7.60. The van der Waals surface area contributed by atoms with Gasteiger partial charge in [-0.15, -0.1) is 0 Å². The first-order chi connectivity index (χ1) is 9.94. The summed E-state index contributed by atoms with van der Waals surface area (Å²) in [4.78, 5) is 0. The van der Waals surface area contributed by atoms with Crippen molar-refractivity contribution in [2.75, 3.05) is 6.61 Å². The molecule has 1 aliphatic heterocycles. The highest BCUT2D eigenvalue weighted by molar-refractivity contribution is 5.13. The van der Waals surface area contributed by atoms with Gasteiger partial charge in [0.05, 0.1) is 31.5 Å². The van der Waals surface area contributed by atoms with Gasteiger partial charge in [-0.25, -0.2) is 0 Å². The molecule has 3 atom stereocenters. The van der Waals surface area contributed by atoms with Crippen LogP contribution in [0, 0.1) is 0 Å². The van der Waals surface area contributed by atoms with Crippen molar-refractivity contribution in [3.8, 4) is 0 Å². The third-order valence-electron chi connectivity index (χ3n) is 3.53. The molecule has 21 heavy (non-hydrogen) atoms. The number of aliphatic hydroxyl groups excluding tert-OH is 1. The first-order valence-electron chi connectivity index (χ1n) is 7.60. The fraction of sp³-hybridized carbons (Fsp3) is 0.647. The number of ether oxygens (including phenoxy) is 3. The molecule has 1 N–H and O–H groups in total. The van der Waals surface area contributed by atoms with E-state index >= 15 is 0 Å². The van der Waals surface area contributed by atoms with Gasteiger partial charge in [-0.05, 0) is 32.8 Å². The van der Waals surface area contributed by atoms with Gasteiger partial charge in [-0.3, -0.25) is 0 Å². The molecule has 0 amide bonds. The van der Waals surface area contributed by atoms with Crippen molar-refractivity contribution in [1.82, 2.24) is 0 Å². The molecule has 0 spiro atoms. The Bertz CT molecular complexity index is 416. The van der Waals surface area contributed by atoms with E-state index in [2.05, 4.69) is 0 Å².